The Morgan fingerprint density at radius 3 is 2.40 bits per heavy atom. The Morgan fingerprint density at radius 2 is 1.80 bits per heavy atom. The van der Waals surface area contributed by atoms with Gasteiger partial charge in [-0.05, 0) is 58.7 Å². The first-order chi connectivity index (χ1) is 11.8. The van der Waals surface area contributed by atoms with Crippen LogP contribution in [0.5, 0.6) is 0 Å². The maximum atomic E-state index is 12.7. The number of hydrogen-bond acceptors (Lipinski definition) is 3. The van der Waals surface area contributed by atoms with Gasteiger partial charge in [-0.15, -0.1) is 0 Å². The zero-order valence-corrected chi connectivity index (χ0v) is 16.8. The molecule has 1 N–H and O–H groups in total. The van der Waals surface area contributed by atoms with Crippen molar-refractivity contribution in [3.63, 3.8) is 0 Å². The van der Waals surface area contributed by atoms with Crippen molar-refractivity contribution in [1.29, 1.82) is 0 Å². The van der Waals surface area contributed by atoms with Gasteiger partial charge in [0, 0.05) is 23.2 Å². The summed E-state index contributed by atoms with van der Waals surface area (Å²) in [6, 6.07) is 11.9. The molecule has 5 nitrogen and oxygen atoms in total. The number of nitrogens with zero attached hydrogens (tertiary/aromatic N) is 1. The molecule has 0 saturated heterocycles. The van der Waals surface area contributed by atoms with Gasteiger partial charge in [-0.3, -0.25) is 4.79 Å². The lowest BCUT2D eigenvalue weighted by Crippen LogP contribution is -2.30. The Bertz CT molecular complexity index is 878. The summed E-state index contributed by atoms with van der Waals surface area (Å²) in [7, 11) is -3.62. The summed E-state index contributed by atoms with van der Waals surface area (Å²) < 4.78 is 27.2. The molecule has 0 aliphatic heterocycles. The first-order valence-electron chi connectivity index (χ1n) is 7.97. The summed E-state index contributed by atoms with van der Waals surface area (Å²) in [5, 5.41) is 2.80. The predicted octanol–water partition coefficient (Wildman–Crippen LogP) is 4.04. The van der Waals surface area contributed by atoms with Crippen LogP contribution >= 0.6 is 15.9 Å². The molecule has 7 heteroatoms. The molecule has 0 aliphatic carbocycles. The summed E-state index contributed by atoms with van der Waals surface area (Å²) in [5.74, 6) is -0.367. The fraction of sp³-hybridized carbons (Fsp3) is 0.278. The van der Waals surface area contributed by atoms with Crippen molar-refractivity contribution in [2.45, 2.75) is 25.7 Å². The maximum absolute atomic E-state index is 12.7. The summed E-state index contributed by atoms with van der Waals surface area (Å²) in [5.41, 5.74) is 1.96. The van der Waals surface area contributed by atoms with Crippen LogP contribution < -0.4 is 5.32 Å². The van der Waals surface area contributed by atoms with E-state index in [1.807, 2.05) is 25.1 Å². The first kappa shape index (κ1) is 19.6. The molecule has 2 aromatic rings. The molecule has 0 radical (unpaired) electrons. The lowest BCUT2D eigenvalue weighted by molar-refractivity contribution is 0.102. The van der Waals surface area contributed by atoms with Crippen LogP contribution in [0.1, 0.15) is 29.8 Å². The van der Waals surface area contributed by atoms with Gasteiger partial charge in [-0.2, -0.15) is 4.31 Å². The van der Waals surface area contributed by atoms with Crippen molar-refractivity contribution in [3.8, 4) is 0 Å². The molecule has 2 rings (SSSR count). The molecule has 0 saturated carbocycles. The largest absolute Gasteiger partial charge is 0.322 e. The average molecular weight is 425 g/mol. The van der Waals surface area contributed by atoms with Crippen LogP contribution in [0, 0.1) is 6.92 Å². The van der Waals surface area contributed by atoms with Crippen molar-refractivity contribution in [2.24, 2.45) is 0 Å². The monoisotopic (exact) mass is 424 g/mol. The van der Waals surface area contributed by atoms with Crippen molar-refractivity contribution in [2.75, 3.05) is 18.4 Å². The van der Waals surface area contributed by atoms with Crippen molar-refractivity contribution < 1.29 is 13.2 Å². The molecule has 0 bridgehead atoms. The molecule has 0 aliphatic rings. The minimum absolute atomic E-state index is 0.105. The lowest BCUT2D eigenvalue weighted by Gasteiger charge is -2.19. The van der Waals surface area contributed by atoms with Crippen LogP contribution in [-0.4, -0.2) is 31.7 Å². The van der Waals surface area contributed by atoms with Crippen molar-refractivity contribution in [3.05, 3.63) is 58.1 Å². The normalized spacial score (nSPS) is 11.6. The van der Waals surface area contributed by atoms with Crippen LogP contribution in [0.3, 0.4) is 0 Å². The van der Waals surface area contributed by atoms with Crippen LogP contribution in [-0.2, 0) is 10.0 Å². The van der Waals surface area contributed by atoms with E-state index in [2.05, 4.69) is 21.2 Å². The zero-order chi connectivity index (χ0) is 18.6. The molecule has 0 fully saturated rings. The number of nitrogens with one attached hydrogen (secondary N) is 1. The fourth-order valence-corrected chi connectivity index (χ4v) is 4.38. The number of rotatable bonds is 6. The number of amides is 1. The van der Waals surface area contributed by atoms with Gasteiger partial charge in [0.05, 0.1) is 10.5 Å². The third-order valence-corrected chi connectivity index (χ3v) is 6.54. The fourth-order valence-electron chi connectivity index (χ4n) is 2.47. The van der Waals surface area contributed by atoms with Gasteiger partial charge < -0.3 is 5.32 Å². The van der Waals surface area contributed by atoms with E-state index < -0.39 is 10.0 Å². The maximum Gasteiger partial charge on any atom is 0.256 e. The Kier molecular flexibility index (Phi) is 6.37. The SMILES string of the molecule is CCN(CC)S(=O)(=O)c1ccc(Br)c(C(=O)Nc2cccc(C)c2)c1. The highest BCUT2D eigenvalue weighted by atomic mass is 79.9. The van der Waals surface area contributed by atoms with Crippen LogP contribution in [0.25, 0.3) is 0 Å². The van der Waals surface area contributed by atoms with E-state index >= 15 is 0 Å². The molecular weight excluding hydrogens is 404 g/mol. The van der Waals surface area contributed by atoms with E-state index in [1.165, 1.54) is 16.4 Å². The van der Waals surface area contributed by atoms with E-state index in [0.717, 1.165) is 5.56 Å². The van der Waals surface area contributed by atoms with Crippen molar-refractivity contribution >= 4 is 37.5 Å². The molecule has 0 unspecified atom stereocenters. The summed E-state index contributed by atoms with van der Waals surface area (Å²) in [6.45, 7) is 6.25. The quantitative estimate of drug-likeness (QED) is 0.760. The number of carbonyl (C=O) groups is 1. The van der Waals surface area contributed by atoms with Gasteiger partial charge in [0.1, 0.15) is 0 Å². The Hall–Kier alpha value is -1.70. The molecule has 0 atom stereocenters. The van der Waals surface area contributed by atoms with E-state index in [9.17, 15) is 13.2 Å². The van der Waals surface area contributed by atoms with Gasteiger partial charge in [0.15, 0.2) is 0 Å². The van der Waals surface area contributed by atoms with E-state index in [4.69, 9.17) is 0 Å². The third-order valence-electron chi connectivity index (χ3n) is 3.80. The highest BCUT2D eigenvalue weighted by Gasteiger charge is 2.23. The number of sulfonamides is 1. The average Bonchev–Trinajstić information content (AvgIpc) is 2.55. The second kappa shape index (κ2) is 8.12. The van der Waals surface area contributed by atoms with Gasteiger partial charge in [0.2, 0.25) is 10.0 Å². The van der Waals surface area contributed by atoms with Crippen LogP contribution in [0.4, 0.5) is 5.69 Å². The number of carbonyl (C=O) groups excluding carboxylic acids is 1. The first-order valence-corrected chi connectivity index (χ1v) is 10.2. The predicted molar refractivity (Wildman–Crippen MR) is 103 cm³/mol. The smallest absolute Gasteiger partial charge is 0.256 e. The van der Waals surface area contributed by atoms with Crippen LogP contribution in [0.15, 0.2) is 51.8 Å². The van der Waals surface area contributed by atoms with Gasteiger partial charge in [0.25, 0.3) is 5.91 Å². The number of benzene rings is 2. The number of aryl methyl sites for hydroxylation is 1. The Balaban J connectivity index is 2.37. The summed E-state index contributed by atoms with van der Waals surface area (Å²) in [4.78, 5) is 12.7. The van der Waals surface area contributed by atoms with Gasteiger partial charge in [-0.1, -0.05) is 26.0 Å². The molecule has 0 spiro atoms. The molecule has 0 heterocycles. The van der Waals surface area contributed by atoms with E-state index in [0.29, 0.717) is 23.2 Å². The zero-order valence-electron chi connectivity index (χ0n) is 14.4. The Labute approximate surface area is 157 Å². The second-order valence-corrected chi connectivity index (χ2v) is 8.35. The Morgan fingerprint density at radius 1 is 1.12 bits per heavy atom. The van der Waals surface area contributed by atoms with Crippen LogP contribution in [0.2, 0.25) is 0 Å². The molecule has 25 heavy (non-hydrogen) atoms. The number of hydrogen-bond donors (Lipinski definition) is 1. The third kappa shape index (κ3) is 4.48. The number of anilines is 1. The topological polar surface area (TPSA) is 66.5 Å². The highest BCUT2D eigenvalue weighted by molar-refractivity contribution is 9.10. The van der Waals surface area contributed by atoms with E-state index in [-0.39, 0.29) is 16.4 Å². The van der Waals surface area contributed by atoms with E-state index in [1.54, 1.807) is 26.0 Å². The lowest BCUT2D eigenvalue weighted by atomic mass is 10.2. The molecule has 1 amide bonds. The summed E-state index contributed by atoms with van der Waals surface area (Å²) in [6.07, 6.45) is 0. The molecule has 134 valence electrons. The molecule has 2 aromatic carbocycles. The second-order valence-electron chi connectivity index (χ2n) is 5.55. The highest BCUT2D eigenvalue weighted by Crippen LogP contribution is 2.24. The van der Waals surface area contributed by atoms with Gasteiger partial charge in [-0.25, -0.2) is 8.42 Å². The van der Waals surface area contributed by atoms with Gasteiger partial charge >= 0.3 is 0 Å². The summed E-state index contributed by atoms with van der Waals surface area (Å²) >= 11 is 3.33. The minimum Gasteiger partial charge on any atom is -0.322 e. The minimum atomic E-state index is -3.62. The standard InChI is InChI=1S/C18H21BrN2O3S/c1-4-21(5-2)25(23,24)15-9-10-17(19)16(12-15)18(22)20-14-8-6-7-13(3)11-14/h6-12H,4-5H2,1-3H3,(H,20,22). The van der Waals surface area contributed by atoms with Crippen molar-refractivity contribution in [1.82, 2.24) is 4.31 Å². The molecule has 0 aromatic heterocycles. The number of halogens is 1. The molecular formula is C18H21BrN2O3S.